The Morgan fingerprint density at radius 3 is 2.69 bits per heavy atom. The van der Waals surface area contributed by atoms with Crippen molar-refractivity contribution in [2.24, 2.45) is 11.1 Å². The van der Waals surface area contributed by atoms with E-state index in [-0.39, 0.29) is 28.9 Å². The second kappa shape index (κ2) is 10.4. The monoisotopic (exact) mass is 538 g/mol. The zero-order chi connectivity index (χ0) is 27.2. The van der Waals surface area contributed by atoms with Crippen molar-refractivity contribution in [3.05, 3.63) is 17.5 Å². The predicted octanol–water partition coefficient (Wildman–Crippen LogP) is 2.07. The van der Waals surface area contributed by atoms with Gasteiger partial charge in [0.25, 0.3) is 0 Å². The van der Waals surface area contributed by atoms with E-state index in [2.05, 4.69) is 29.1 Å². The molecule has 1 aromatic rings. The van der Waals surface area contributed by atoms with E-state index in [0.29, 0.717) is 62.2 Å². The Morgan fingerprint density at radius 1 is 1.15 bits per heavy atom. The number of nitrogens with one attached hydrogen (secondary N) is 1. The molecule has 5 fully saturated rings. The minimum Gasteiger partial charge on any atom is -0.473 e. The van der Waals surface area contributed by atoms with Crippen molar-refractivity contribution >= 4 is 23.1 Å². The lowest BCUT2D eigenvalue weighted by Gasteiger charge is -2.49. The standard InChI is InChI=1S/C29H42N6O4/c1-19(21-8-6-13-34(21)2)39-24-15-23(35-14-12-31-28(16-35)17-38-18-28)32-27(33-24)25(30)20-7-5-11-29(26(20)37)10-4-3-9-22(29)36/h15,19,21,31H,3-14,16-18,30H2,1-2H3/t19-,21-,29+/m0/s1. The number of rotatable bonds is 5. The van der Waals surface area contributed by atoms with Crippen LogP contribution in [0.25, 0.3) is 5.70 Å². The molecule has 1 aromatic heterocycles. The van der Waals surface area contributed by atoms with Crippen LogP contribution in [0.15, 0.2) is 11.6 Å². The van der Waals surface area contributed by atoms with Gasteiger partial charge in [0.2, 0.25) is 5.88 Å². The molecule has 2 aliphatic carbocycles. The van der Waals surface area contributed by atoms with Crippen molar-refractivity contribution in [1.82, 2.24) is 20.2 Å². The molecular formula is C29H42N6O4. The molecule has 3 atom stereocenters. The first-order chi connectivity index (χ1) is 18.8. The van der Waals surface area contributed by atoms with Crippen LogP contribution in [0, 0.1) is 5.41 Å². The summed E-state index contributed by atoms with van der Waals surface area (Å²) >= 11 is 0. The smallest absolute Gasteiger partial charge is 0.219 e. The van der Waals surface area contributed by atoms with Crippen LogP contribution in [0.3, 0.4) is 0 Å². The first-order valence-corrected chi connectivity index (χ1v) is 14.7. The molecule has 5 aliphatic rings. The maximum Gasteiger partial charge on any atom is 0.219 e. The maximum absolute atomic E-state index is 13.8. The number of piperazine rings is 1. The molecule has 0 amide bonds. The molecule has 6 rings (SSSR count). The average Bonchev–Trinajstić information content (AvgIpc) is 3.36. The summed E-state index contributed by atoms with van der Waals surface area (Å²) in [6.45, 7) is 6.86. The topological polar surface area (TPSA) is 123 Å². The van der Waals surface area contributed by atoms with Gasteiger partial charge in [-0.25, -0.2) is 4.98 Å². The number of nitrogens with two attached hydrogens (primary N) is 1. The zero-order valence-electron chi connectivity index (χ0n) is 23.3. The number of ketones is 2. The summed E-state index contributed by atoms with van der Waals surface area (Å²) in [6, 6.07) is 2.22. The molecule has 2 spiro atoms. The molecule has 212 valence electrons. The highest BCUT2D eigenvalue weighted by Gasteiger charge is 2.49. The number of ether oxygens (including phenoxy) is 2. The van der Waals surface area contributed by atoms with Gasteiger partial charge in [-0.1, -0.05) is 6.42 Å². The van der Waals surface area contributed by atoms with Crippen LogP contribution in [-0.2, 0) is 14.3 Å². The minimum atomic E-state index is -0.913. The SMILES string of the molecule is C[C@H](Oc1cc(N2CCNC3(COC3)C2)nc(C(N)=C2CCC[C@@]3(CCCCC3=O)C2=O)n1)[C@@H]1CCCN1C. The highest BCUT2D eigenvalue weighted by Crippen LogP contribution is 2.45. The number of carbonyl (C=O) groups is 2. The summed E-state index contributed by atoms with van der Waals surface area (Å²) in [7, 11) is 2.13. The van der Waals surface area contributed by atoms with Crippen LogP contribution in [0.1, 0.15) is 70.5 Å². The molecule has 0 bridgehead atoms. The third-order valence-corrected chi connectivity index (χ3v) is 9.67. The van der Waals surface area contributed by atoms with Gasteiger partial charge < -0.3 is 25.4 Å². The summed E-state index contributed by atoms with van der Waals surface area (Å²) in [5.41, 5.74) is 6.55. The van der Waals surface area contributed by atoms with Crippen LogP contribution in [0.5, 0.6) is 5.88 Å². The van der Waals surface area contributed by atoms with Gasteiger partial charge in [-0.2, -0.15) is 4.98 Å². The highest BCUT2D eigenvalue weighted by atomic mass is 16.5. The average molecular weight is 539 g/mol. The predicted molar refractivity (Wildman–Crippen MR) is 147 cm³/mol. The molecule has 4 heterocycles. The molecule has 10 heteroatoms. The summed E-state index contributed by atoms with van der Waals surface area (Å²) in [5.74, 6) is 1.49. The van der Waals surface area contributed by atoms with Gasteiger partial charge in [0, 0.05) is 43.7 Å². The Kier molecular flexibility index (Phi) is 7.14. The van der Waals surface area contributed by atoms with E-state index in [0.717, 1.165) is 64.1 Å². The molecule has 39 heavy (non-hydrogen) atoms. The second-order valence-electron chi connectivity index (χ2n) is 12.3. The fraction of sp³-hybridized carbons (Fsp3) is 0.724. The largest absolute Gasteiger partial charge is 0.473 e. The number of Topliss-reactive ketones (excluding diaryl/α,β-unsaturated/α-hetero) is 2. The number of likely N-dealkylation sites (tertiary alicyclic amines) is 1. The minimum absolute atomic E-state index is 0.0594. The normalized spacial score (nSPS) is 31.4. The lowest BCUT2D eigenvalue weighted by atomic mass is 9.62. The van der Waals surface area contributed by atoms with Crippen molar-refractivity contribution in [2.45, 2.75) is 82.4 Å². The quantitative estimate of drug-likeness (QED) is 0.425. The van der Waals surface area contributed by atoms with Crippen LogP contribution in [-0.4, -0.2) is 90.6 Å². The number of hydrogen-bond acceptors (Lipinski definition) is 10. The Balaban J connectivity index is 1.35. The second-order valence-corrected chi connectivity index (χ2v) is 12.3. The van der Waals surface area contributed by atoms with Crippen LogP contribution in [0.4, 0.5) is 5.82 Å². The summed E-state index contributed by atoms with van der Waals surface area (Å²) in [4.78, 5) is 41.1. The summed E-state index contributed by atoms with van der Waals surface area (Å²) in [5, 5.41) is 3.59. The van der Waals surface area contributed by atoms with Crippen LogP contribution < -0.4 is 20.7 Å². The van der Waals surface area contributed by atoms with Crippen molar-refractivity contribution < 1.29 is 19.1 Å². The van der Waals surface area contributed by atoms with Crippen LogP contribution in [0.2, 0.25) is 0 Å². The van der Waals surface area contributed by atoms with Crippen LogP contribution >= 0.6 is 0 Å². The van der Waals surface area contributed by atoms with E-state index in [9.17, 15) is 9.59 Å². The summed E-state index contributed by atoms with van der Waals surface area (Å²) < 4.78 is 12.0. The van der Waals surface area contributed by atoms with Gasteiger partial charge in [-0.15, -0.1) is 0 Å². The molecule has 3 N–H and O–H groups in total. The lowest BCUT2D eigenvalue weighted by molar-refractivity contribution is -0.143. The van der Waals surface area contributed by atoms with Gasteiger partial charge in [-0.05, 0) is 65.5 Å². The molecule has 0 aromatic carbocycles. The number of carbonyl (C=O) groups excluding carboxylic acids is 2. The van der Waals surface area contributed by atoms with Crippen molar-refractivity contribution in [3.8, 4) is 5.88 Å². The zero-order valence-corrected chi connectivity index (χ0v) is 23.3. The summed E-state index contributed by atoms with van der Waals surface area (Å²) in [6.07, 6.45) is 6.96. The fourth-order valence-electron chi connectivity index (χ4n) is 7.32. The first-order valence-electron chi connectivity index (χ1n) is 14.7. The van der Waals surface area contributed by atoms with Crippen molar-refractivity contribution in [1.29, 1.82) is 0 Å². The number of nitrogens with zero attached hydrogens (tertiary/aromatic N) is 4. The van der Waals surface area contributed by atoms with Gasteiger partial charge in [0.1, 0.15) is 17.7 Å². The van der Waals surface area contributed by atoms with E-state index >= 15 is 0 Å². The van der Waals surface area contributed by atoms with Gasteiger partial charge in [0.15, 0.2) is 11.6 Å². The fourth-order valence-corrected chi connectivity index (χ4v) is 7.32. The Hall–Kier alpha value is -2.56. The maximum atomic E-state index is 13.8. The number of anilines is 1. The van der Waals surface area contributed by atoms with Gasteiger partial charge >= 0.3 is 0 Å². The van der Waals surface area contributed by atoms with E-state index in [1.54, 1.807) is 0 Å². The molecule has 3 aliphatic heterocycles. The Bertz CT molecular complexity index is 1160. The highest BCUT2D eigenvalue weighted by molar-refractivity contribution is 6.17. The third-order valence-electron chi connectivity index (χ3n) is 9.67. The molecule has 3 saturated heterocycles. The van der Waals surface area contributed by atoms with Gasteiger partial charge in [-0.3, -0.25) is 14.5 Å². The van der Waals surface area contributed by atoms with E-state index in [4.69, 9.17) is 25.2 Å². The third kappa shape index (κ3) is 4.85. The molecule has 2 saturated carbocycles. The molecule has 0 unspecified atom stereocenters. The molecular weight excluding hydrogens is 496 g/mol. The van der Waals surface area contributed by atoms with E-state index < -0.39 is 5.41 Å². The number of hydrogen-bond donors (Lipinski definition) is 2. The molecule has 10 nitrogen and oxygen atoms in total. The Labute approximate surface area is 230 Å². The number of allylic oxidation sites excluding steroid dienone is 1. The molecule has 0 radical (unpaired) electrons. The lowest BCUT2D eigenvalue weighted by Crippen LogP contribution is -2.70. The first kappa shape index (κ1) is 26.7. The van der Waals surface area contributed by atoms with E-state index in [1.807, 2.05) is 6.07 Å². The van der Waals surface area contributed by atoms with E-state index in [1.165, 1.54) is 0 Å². The van der Waals surface area contributed by atoms with Gasteiger partial charge in [0.05, 0.1) is 29.9 Å². The number of aromatic nitrogens is 2. The number of likely N-dealkylation sites (N-methyl/N-ethyl adjacent to an activating group) is 1. The van der Waals surface area contributed by atoms with Crippen molar-refractivity contribution in [2.75, 3.05) is 51.3 Å². The Morgan fingerprint density at radius 2 is 1.97 bits per heavy atom. The van der Waals surface area contributed by atoms with Crippen molar-refractivity contribution in [3.63, 3.8) is 0 Å².